The van der Waals surface area contributed by atoms with Crippen molar-refractivity contribution in [1.29, 1.82) is 0 Å². The molecule has 0 spiro atoms. The fourth-order valence-corrected chi connectivity index (χ4v) is 0.954. The molecule has 0 saturated carbocycles. The minimum Gasteiger partial charge on any atom is -0.261 e. The molecule has 55 valence electrons. The second-order valence-corrected chi connectivity index (χ2v) is 2.78. The largest absolute Gasteiger partial charge is 0.261 e. The average molecular weight is 142 g/mol. The van der Waals surface area contributed by atoms with E-state index in [1.54, 1.807) is 0 Å². The summed E-state index contributed by atoms with van der Waals surface area (Å²) in [6.07, 6.45) is 1.93. The Kier molecular flexibility index (Phi) is 3.86. The number of hydrogen-bond donors (Lipinski definition) is 0. The fraction of sp³-hybridized carbons (Fsp3) is 0.444. The van der Waals surface area contributed by atoms with Gasteiger partial charge in [0.15, 0.2) is 0 Å². The normalized spacial score (nSPS) is 9.09. The molecule has 1 radical (unpaired) electrons. The van der Waals surface area contributed by atoms with E-state index in [2.05, 4.69) is 25.8 Å². The summed E-state index contributed by atoms with van der Waals surface area (Å²) in [4.78, 5) is 4.24. The van der Waals surface area contributed by atoms with Crippen LogP contribution in [0, 0.1) is 27.7 Å². The van der Waals surface area contributed by atoms with Crippen molar-refractivity contribution >= 4 is 18.9 Å². The molecule has 11 heavy (non-hydrogen) atoms. The van der Waals surface area contributed by atoms with Crippen molar-refractivity contribution in [1.82, 2.24) is 4.98 Å². The predicted octanol–water partition coefficient (Wildman–Crippen LogP) is 1.93. The van der Waals surface area contributed by atoms with Crippen LogP contribution in [0.4, 0.5) is 0 Å². The number of nitrogens with zero attached hydrogens (tertiary/aromatic N) is 1. The fourth-order valence-electron chi connectivity index (χ4n) is 0.954. The van der Waals surface area contributed by atoms with Crippen LogP contribution in [0.25, 0.3) is 0 Å². The maximum Gasteiger partial charge on any atom is 0.0404 e. The van der Waals surface area contributed by atoms with Gasteiger partial charge in [-0.05, 0) is 44.4 Å². The smallest absolute Gasteiger partial charge is 0.0404 e. The van der Waals surface area contributed by atoms with Gasteiger partial charge in [-0.3, -0.25) is 4.98 Å². The molecule has 0 aromatic carbocycles. The third kappa shape index (κ3) is 2.09. The van der Waals surface area contributed by atoms with Crippen molar-refractivity contribution in [2.45, 2.75) is 27.7 Å². The minimum atomic E-state index is 0. The molecule has 0 atom stereocenters. The van der Waals surface area contributed by atoms with Crippen molar-refractivity contribution < 1.29 is 0 Å². The van der Waals surface area contributed by atoms with Crippen LogP contribution in [0.5, 0.6) is 0 Å². The molecule has 0 aliphatic rings. The molecule has 0 fully saturated rings. The Morgan fingerprint density at radius 1 is 1.00 bits per heavy atom. The summed E-state index contributed by atoms with van der Waals surface area (Å²) in [5.41, 5.74) is 5.11. The Labute approximate surface area is 80.4 Å². The number of rotatable bonds is 0. The van der Waals surface area contributed by atoms with Crippen molar-refractivity contribution in [3.05, 3.63) is 28.6 Å². The van der Waals surface area contributed by atoms with E-state index in [0.717, 1.165) is 5.69 Å². The van der Waals surface area contributed by atoms with Crippen LogP contribution in [0.2, 0.25) is 0 Å². The molecule has 1 aromatic rings. The summed E-state index contributed by atoms with van der Waals surface area (Å²) < 4.78 is 0. The van der Waals surface area contributed by atoms with Gasteiger partial charge in [0.05, 0.1) is 0 Å². The molecule has 0 N–H and O–H groups in total. The summed E-state index contributed by atoms with van der Waals surface area (Å²) in [6.45, 7) is 8.39. The number of aromatic nitrogens is 1. The maximum absolute atomic E-state index is 4.24. The molecule has 0 bridgehead atoms. The van der Waals surface area contributed by atoms with E-state index in [1.807, 2.05) is 13.1 Å². The van der Waals surface area contributed by atoms with Gasteiger partial charge in [-0.2, -0.15) is 0 Å². The van der Waals surface area contributed by atoms with Gasteiger partial charge in [0.1, 0.15) is 0 Å². The van der Waals surface area contributed by atoms with Gasteiger partial charge in [-0.1, -0.05) is 0 Å². The van der Waals surface area contributed by atoms with Crippen LogP contribution in [-0.2, 0) is 0 Å². The van der Waals surface area contributed by atoms with Crippen LogP contribution in [0.1, 0.15) is 22.4 Å². The molecular weight excluding hydrogens is 129 g/mol. The molecular formula is C9H13LiN. The zero-order valence-corrected chi connectivity index (χ0v) is 8.02. The molecule has 0 aliphatic carbocycles. The molecule has 0 saturated heterocycles. The van der Waals surface area contributed by atoms with E-state index >= 15 is 0 Å². The topological polar surface area (TPSA) is 12.9 Å². The molecule has 1 aromatic heterocycles. The van der Waals surface area contributed by atoms with E-state index in [-0.39, 0.29) is 18.9 Å². The number of aryl methyl sites for hydroxylation is 2. The van der Waals surface area contributed by atoms with Gasteiger partial charge in [-0.25, -0.2) is 0 Å². The minimum absolute atomic E-state index is 0. The van der Waals surface area contributed by atoms with Gasteiger partial charge in [0.2, 0.25) is 0 Å². The third-order valence-electron chi connectivity index (χ3n) is 2.15. The first-order chi connectivity index (χ1) is 4.63. The Balaban J connectivity index is 0.000001000. The maximum atomic E-state index is 4.24. The summed E-state index contributed by atoms with van der Waals surface area (Å²) in [5, 5.41) is 0. The molecule has 2 heteroatoms. The van der Waals surface area contributed by atoms with Crippen LogP contribution >= 0.6 is 0 Å². The Hall–Kier alpha value is -0.253. The zero-order valence-electron chi connectivity index (χ0n) is 8.02. The van der Waals surface area contributed by atoms with Crippen molar-refractivity contribution in [2.24, 2.45) is 0 Å². The number of hydrogen-bond acceptors (Lipinski definition) is 1. The predicted molar refractivity (Wildman–Crippen MR) is 48.9 cm³/mol. The van der Waals surface area contributed by atoms with E-state index in [1.165, 1.54) is 16.7 Å². The molecule has 0 unspecified atom stereocenters. The van der Waals surface area contributed by atoms with E-state index in [9.17, 15) is 0 Å². The summed E-state index contributed by atoms with van der Waals surface area (Å²) >= 11 is 0. The third-order valence-corrected chi connectivity index (χ3v) is 2.15. The first kappa shape index (κ1) is 10.7. The first-order valence-corrected chi connectivity index (χ1v) is 3.52. The Morgan fingerprint density at radius 2 is 1.55 bits per heavy atom. The van der Waals surface area contributed by atoms with Crippen LogP contribution < -0.4 is 0 Å². The van der Waals surface area contributed by atoms with Gasteiger partial charge in [-0.15, -0.1) is 0 Å². The zero-order chi connectivity index (χ0) is 7.72. The van der Waals surface area contributed by atoms with Crippen molar-refractivity contribution in [2.75, 3.05) is 0 Å². The molecule has 0 aliphatic heterocycles. The summed E-state index contributed by atoms with van der Waals surface area (Å²) in [7, 11) is 0. The quantitative estimate of drug-likeness (QED) is 0.504. The standard InChI is InChI=1S/C9H13N.Li/c1-6-5-10-9(4)8(3)7(6)2;/h5H,1-4H3;. The molecule has 1 rings (SSSR count). The SMILES string of the molecule is Cc1cnc(C)c(C)c1C.[Li]. The Bertz CT molecular complexity index is 229. The van der Waals surface area contributed by atoms with Gasteiger partial charge in [0.25, 0.3) is 0 Å². The van der Waals surface area contributed by atoms with E-state index in [4.69, 9.17) is 0 Å². The molecule has 1 nitrogen and oxygen atoms in total. The van der Waals surface area contributed by atoms with E-state index < -0.39 is 0 Å². The average Bonchev–Trinajstić information content (AvgIpc) is 1.93. The van der Waals surface area contributed by atoms with Crippen molar-refractivity contribution in [3.63, 3.8) is 0 Å². The van der Waals surface area contributed by atoms with Crippen LogP contribution in [0.3, 0.4) is 0 Å². The molecule has 1 heterocycles. The van der Waals surface area contributed by atoms with Gasteiger partial charge in [0, 0.05) is 30.8 Å². The second kappa shape index (κ2) is 3.95. The van der Waals surface area contributed by atoms with Crippen LogP contribution in [-0.4, -0.2) is 23.8 Å². The van der Waals surface area contributed by atoms with Gasteiger partial charge < -0.3 is 0 Å². The second-order valence-electron chi connectivity index (χ2n) is 2.78. The van der Waals surface area contributed by atoms with Crippen LogP contribution in [0.15, 0.2) is 6.20 Å². The van der Waals surface area contributed by atoms with E-state index in [0.29, 0.717) is 0 Å². The number of pyridine rings is 1. The summed E-state index contributed by atoms with van der Waals surface area (Å²) in [5.74, 6) is 0. The Morgan fingerprint density at radius 3 is 2.00 bits per heavy atom. The van der Waals surface area contributed by atoms with Crippen molar-refractivity contribution in [3.8, 4) is 0 Å². The monoisotopic (exact) mass is 142 g/mol. The first-order valence-electron chi connectivity index (χ1n) is 3.52. The summed E-state index contributed by atoms with van der Waals surface area (Å²) in [6, 6.07) is 0. The molecule has 0 amide bonds. The van der Waals surface area contributed by atoms with Gasteiger partial charge >= 0.3 is 0 Å².